The number of hydrogen-bond acceptors (Lipinski definition) is 3. The lowest BCUT2D eigenvalue weighted by Gasteiger charge is -2.38. The molecule has 1 heterocycles. The summed E-state index contributed by atoms with van der Waals surface area (Å²) in [6.07, 6.45) is 7.56. The van der Waals surface area contributed by atoms with E-state index in [1.165, 1.54) is 51.6 Å². The second-order valence-corrected chi connectivity index (χ2v) is 4.53. The van der Waals surface area contributed by atoms with Crippen molar-refractivity contribution in [2.24, 2.45) is 16.9 Å². The summed E-state index contributed by atoms with van der Waals surface area (Å²) in [6.45, 7) is 4.01. The molecule has 1 saturated heterocycles. The van der Waals surface area contributed by atoms with Crippen LogP contribution in [0.15, 0.2) is 0 Å². The molecule has 0 atom stereocenters. The standard InChI is InChI=1S/C11H25N3/c12-7-1-3-11(4-2-8-13)5-9-14-10-6-11/h14H,1-10,12-13H2. The third-order valence-electron chi connectivity index (χ3n) is 3.49. The van der Waals surface area contributed by atoms with E-state index in [0.29, 0.717) is 5.41 Å². The van der Waals surface area contributed by atoms with Crippen LogP contribution in [0.4, 0.5) is 0 Å². The van der Waals surface area contributed by atoms with Gasteiger partial charge >= 0.3 is 0 Å². The van der Waals surface area contributed by atoms with E-state index in [-0.39, 0.29) is 0 Å². The summed E-state index contributed by atoms with van der Waals surface area (Å²) in [4.78, 5) is 0. The quantitative estimate of drug-likeness (QED) is 0.594. The average Bonchev–Trinajstić information content (AvgIpc) is 2.25. The second-order valence-electron chi connectivity index (χ2n) is 4.53. The first kappa shape index (κ1) is 12.0. The Labute approximate surface area is 87.6 Å². The molecule has 3 heteroatoms. The van der Waals surface area contributed by atoms with E-state index in [1.54, 1.807) is 0 Å². The number of nitrogens with one attached hydrogen (secondary N) is 1. The van der Waals surface area contributed by atoms with E-state index in [4.69, 9.17) is 11.5 Å². The highest BCUT2D eigenvalue weighted by Gasteiger charge is 2.30. The zero-order chi connectivity index (χ0) is 10.3. The van der Waals surface area contributed by atoms with Gasteiger partial charge < -0.3 is 16.8 Å². The predicted octanol–water partition coefficient (Wildman–Crippen LogP) is 0.834. The van der Waals surface area contributed by atoms with Gasteiger partial charge in [-0.2, -0.15) is 0 Å². The highest BCUT2D eigenvalue weighted by molar-refractivity contribution is 4.84. The van der Waals surface area contributed by atoms with Crippen molar-refractivity contribution in [2.45, 2.75) is 38.5 Å². The van der Waals surface area contributed by atoms with Crippen molar-refractivity contribution in [1.82, 2.24) is 5.32 Å². The zero-order valence-electron chi connectivity index (χ0n) is 9.23. The molecular weight excluding hydrogens is 174 g/mol. The number of piperidine rings is 1. The Hall–Kier alpha value is -0.120. The molecule has 3 nitrogen and oxygen atoms in total. The van der Waals surface area contributed by atoms with Gasteiger partial charge in [-0.05, 0) is 70.1 Å². The van der Waals surface area contributed by atoms with E-state index in [1.807, 2.05) is 0 Å². The van der Waals surface area contributed by atoms with Crippen LogP contribution in [0, 0.1) is 5.41 Å². The first-order chi connectivity index (χ1) is 6.83. The first-order valence-corrected chi connectivity index (χ1v) is 5.94. The maximum absolute atomic E-state index is 5.59. The van der Waals surface area contributed by atoms with Crippen molar-refractivity contribution in [3.8, 4) is 0 Å². The molecule has 14 heavy (non-hydrogen) atoms. The third-order valence-corrected chi connectivity index (χ3v) is 3.49. The Morgan fingerprint density at radius 3 is 1.86 bits per heavy atom. The molecule has 1 aliphatic rings. The van der Waals surface area contributed by atoms with Gasteiger partial charge in [0.05, 0.1) is 0 Å². The van der Waals surface area contributed by atoms with Crippen LogP contribution in [-0.4, -0.2) is 26.2 Å². The van der Waals surface area contributed by atoms with Gasteiger partial charge in [0.25, 0.3) is 0 Å². The van der Waals surface area contributed by atoms with Crippen LogP contribution < -0.4 is 16.8 Å². The molecule has 0 spiro atoms. The van der Waals surface area contributed by atoms with Gasteiger partial charge in [-0.15, -0.1) is 0 Å². The second kappa shape index (κ2) is 6.38. The van der Waals surface area contributed by atoms with Gasteiger partial charge in [0, 0.05) is 0 Å². The van der Waals surface area contributed by atoms with E-state index < -0.39 is 0 Å². The van der Waals surface area contributed by atoms with Crippen molar-refractivity contribution in [3.05, 3.63) is 0 Å². The summed E-state index contributed by atoms with van der Waals surface area (Å²) in [5.41, 5.74) is 11.7. The fourth-order valence-corrected chi connectivity index (χ4v) is 2.54. The van der Waals surface area contributed by atoms with Crippen LogP contribution in [0.5, 0.6) is 0 Å². The van der Waals surface area contributed by atoms with E-state index in [2.05, 4.69) is 5.32 Å². The molecule has 0 aliphatic carbocycles. The van der Waals surface area contributed by atoms with Crippen LogP contribution in [0.1, 0.15) is 38.5 Å². The molecule has 0 aromatic heterocycles. The Morgan fingerprint density at radius 2 is 1.43 bits per heavy atom. The lowest BCUT2D eigenvalue weighted by Crippen LogP contribution is -2.37. The van der Waals surface area contributed by atoms with E-state index >= 15 is 0 Å². The minimum absolute atomic E-state index is 0.560. The summed E-state index contributed by atoms with van der Waals surface area (Å²) in [5.74, 6) is 0. The van der Waals surface area contributed by atoms with Gasteiger partial charge in [-0.3, -0.25) is 0 Å². The molecule has 5 N–H and O–H groups in total. The summed E-state index contributed by atoms with van der Waals surface area (Å²) in [6, 6.07) is 0. The molecule has 0 aromatic rings. The van der Waals surface area contributed by atoms with Crippen LogP contribution in [0.3, 0.4) is 0 Å². The Bertz CT molecular complexity index is 131. The molecule has 0 saturated carbocycles. The molecule has 0 bridgehead atoms. The molecule has 0 unspecified atom stereocenters. The van der Waals surface area contributed by atoms with Crippen molar-refractivity contribution < 1.29 is 0 Å². The lowest BCUT2D eigenvalue weighted by atomic mass is 9.72. The van der Waals surface area contributed by atoms with Crippen LogP contribution in [-0.2, 0) is 0 Å². The minimum Gasteiger partial charge on any atom is -0.330 e. The predicted molar refractivity (Wildman–Crippen MR) is 61.1 cm³/mol. The summed E-state index contributed by atoms with van der Waals surface area (Å²) < 4.78 is 0. The lowest BCUT2D eigenvalue weighted by molar-refractivity contribution is 0.162. The van der Waals surface area contributed by atoms with Crippen LogP contribution >= 0.6 is 0 Å². The van der Waals surface area contributed by atoms with Gasteiger partial charge in [0.1, 0.15) is 0 Å². The van der Waals surface area contributed by atoms with Gasteiger partial charge in [-0.1, -0.05) is 0 Å². The summed E-state index contributed by atoms with van der Waals surface area (Å²) >= 11 is 0. The molecule has 1 rings (SSSR count). The fourth-order valence-electron chi connectivity index (χ4n) is 2.54. The summed E-state index contributed by atoms with van der Waals surface area (Å²) in [7, 11) is 0. The summed E-state index contributed by atoms with van der Waals surface area (Å²) in [5, 5.41) is 3.43. The monoisotopic (exact) mass is 199 g/mol. The number of hydrogen-bond donors (Lipinski definition) is 3. The molecule has 84 valence electrons. The maximum atomic E-state index is 5.59. The van der Waals surface area contributed by atoms with E-state index in [9.17, 15) is 0 Å². The Morgan fingerprint density at radius 1 is 0.929 bits per heavy atom. The number of rotatable bonds is 6. The van der Waals surface area contributed by atoms with Crippen molar-refractivity contribution in [1.29, 1.82) is 0 Å². The maximum Gasteiger partial charge on any atom is -0.00436 e. The first-order valence-electron chi connectivity index (χ1n) is 5.94. The van der Waals surface area contributed by atoms with Crippen molar-refractivity contribution in [2.75, 3.05) is 26.2 Å². The zero-order valence-corrected chi connectivity index (χ0v) is 9.23. The van der Waals surface area contributed by atoms with Crippen LogP contribution in [0.2, 0.25) is 0 Å². The smallest absolute Gasteiger partial charge is 0.00436 e. The van der Waals surface area contributed by atoms with Gasteiger partial charge in [0.2, 0.25) is 0 Å². The number of nitrogens with two attached hydrogens (primary N) is 2. The fraction of sp³-hybridized carbons (Fsp3) is 1.00. The van der Waals surface area contributed by atoms with E-state index in [0.717, 1.165) is 13.1 Å². The molecule has 1 aliphatic heterocycles. The molecular formula is C11H25N3. The Kier molecular flexibility index (Phi) is 5.45. The highest BCUT2D eigenvalue weighted by Crippen LogP contribution is 2.38. The van der Waals surface area contributed by atoms with Crippen molar-refractivity contribution in [3.63, 3.8) is 0 Å². The molecule has 1 fully saturated rings. The highest BCUT2D eigenvalue weighted by atomic mass is 14.9. The molecule has 0 radical (unpaired) electrons. The topological polar surface area (TPSA) is 64.1 Å². The largest absolute Gasteiger partial charge is 0.330 e. The SMILES string of the molecule is NCCCC1(CCCN)CCNCC1. The third kappa shape index (κ3) is 3.56. The average molecular weight is 199 g/mol. The Balaban J connectivity index is 2.39. The molecule has 0 aromatic carbocycles. The minimum atomic E-state index is 0.560. The van der Waals surface area contributed by atoms with Gasteiger partial charge in [0.15, 0.2) is 0 Å². The molecule has 0 amide bonds. The normalized spacial score (nSPS) is 21.0. The van der Waals surface area contributed by atoms with Crippen molar-refractivity contribution >= 4 is 0 Å². The van der Waals surface area contributed by atoms with Gasteiger partial charge in [-0.25, -0.2) is 0 Å². The van der Waals surface area contributed by atoms with Crippen LogP contribution in [0.25, 0.3) is 0 Å².